The predicted molar refractivity (Wildman–Crippen MR) is 73.5 cm³/mol. The molecule has 1 heterocycles. The fourth-order valence-corrected chi connectivity index (χ4v) is 2.38. The molecular weight excluding hydrogens is 275 g/mol. The number of hydrogen-bond donors (Lipinski definition) is 1. The topological polar surface area (TPSA) is 55.8 Å². The van der Waals surface area contributed by atoms with Crippen molar-refractivity contribution in [3.8, 4) is 11.5 Å². The second kappa shape index (κ2) is 5.44. The molecule has 21 heavy (non-hydrogen) atoms. The van der Waals surface area contributed by atoms with E-state index >= 15 is 0 Å². The van der Waals surface area contributed by atoms with Gasteiger partial charge in [0.1, 0.15) is 11.3 Å². The lowest BCUT2D eigenvalue weighted by Crippen LogP contribution is -2.14. The molecule has 2 aromatic carbocycles. The molecular formula is C16H13FO4. The molecule has 4 nitrogen and oxygen atoms in total. The van der Waals surface area contributed by atoms with Crippen molar-refractivity contribution in [2.45, 2.75) is 5.92 Å². The summed E-state index contributed by atoms with van der Waals surface area (Å²) < 4.78 is 24.7. The molecule has 0 saturated carbocycles. The number of benzene rings is 2. The van der Waals surface area contributed by atoms with Crippen LogP contribution in [0.4, 0.5) is 4.39 Å². The van der Waals surface area contributed by atoms with E-state index in [2.05, 4.69) is 0 Å². The summed E-state index contributed by atoms with van der Waals surface area (Å²) >= 11 is 0. The average molecular weight is 288 g/mol. The van der Waals surface area contributed by atoms with Crippen LogP contribution < -0.4 is 9.47 Å². The SMILES string of the molecule is O=C(O)c1cccc(F)c1OCC1COc2ccccc21. The Labute approximate surface area is 120 Å². The van der Waals surface area contributed by atoms with Crippen molar-refractivity contribution in [3.63, 3.8) is 0 Å². The van der Waals surface area contributed by atoms with Crippen molar-refractivity contribution in [2.75, 3.05) is 13.2 Å². The fourth-order valence-electron chi connectivity index (χ4n) is 2.38. The molecule has 0 fully saturated rings. The van der Waals surface area contributed by atoms with Crippen LogP contribution in [0.25, 0.3) is 0 Å². The normalized spacial score (nSPS) is 16.1. The van der Waals surface area contributed by atoms with Gasteiger partial charge in [-0.15, -0.1) is 0 Å². The van der Waals surface area contributed by atoms with E-state index in [1.807, 2.05) is 24.3 Å². The molecule has 5 heteroatoms. The molecule has 1 atom stereocenters. The van der Waals surface area contributed by atoms with Crippen LogP contribution in [0.15, 0.2) is 42.5 Å². The van der Waals surface area contributed by atoms with Gasteiger partial charge in [0.05, 0.1) is 19.1 Å². The number of halogens is 1. The van der Waals surface area contributed by atoms with Crippen molar-refractivity contribution in [1.82, 2.24) is 0 Å². The molecule has 0 radical (unpaired) electrons. The molecule has 3 rings (SSSR count). The summed E-state index contributed by atoms with van der Waals surface area (Å²) in [5, 5.41) is 9.07. The largest absolute Gasteiger partial charge is 0.493 e. The lowest BCUT2D eigenvalue weighted by molar-refractivity contribution is 0.0690. The van der Waals surface area contributed by atoms with Crippen molar-refractivity contribution in [2.24, 2.45) is 0 Å². The van der Waals surface area contributed by atoms with E-state index < -0.39 is 11.8 Å². The Balaban J connectivity index is 1.79. The molecule has 1 aliphatic heterocycles. The van der Waals surface area contributed by atoms with Gasteiger partial charge in [0, 0.05) is 5.56 Å². The number of ether oxygens (including phenoxy) is 2. The summed E-state index contributed by atoms with van der Waals surface area (Å²) in [5.74, 6) is -1.37. The van der Waals surface area contributed by atoms with E-state index in [9.17, 15) is 9.18 Å². The quantitative estimate of drug-likeness (QED) is 0.939. The third-order valence-corrected chi connectivity index (χ3v) is 3.43. The second-order valence-electron chi connectivity index (χ2n) is 4.78. The predicted octanol–water partition coefficient (Wildman–Crippen LogP) is 3.08. The maximum absolute atomic E-state index is 13.8. The van der Waals surface area contributed by atoms with Gasteiger partial charge in [-0.25, -0.2) is 9.18 Å². The van der Waals surface area contributed by atoms with Crippen molar-refractivity contribution < 1.29 is 23.8 Å². The van der Waals surface area contributed by atoms with Crippen molar-refractivity contribution >= 4 is 5.97 Å². The molecule has 0 aromatic heterocycles. The first-order valence-electron chi connectivity index (χ1n) is 6.53. The number of hydrogen-bond acceptors (Lipinski definition) is 3. The first-order valence-corrected chi connectivity index (χ1v) is 6.53. The first kappa shape index (κ1) is 13.4. The highest BCUT2D eigenvalue weighted by Gasteiger charge is 2.25. The zero-order chi connectivity index (χ0) is 14.8. The number of rotatable bonds is 4. The Morgan fingerprint density at radius 1 is 1.29 bits per heavy atom. The number of fused-ring (bicyclic) bond motifs is 1. The molecule has 2 aromatic rings. The van der Waals surface area contributed by atoms with E-state index in [0.29, 0.717) is 6.61 Å². The van der Waals surface area contributed by atoms with E-state index in [0.717, 1.165) is 11.3 Å². The van der Waals surface area contributed by atoms with Crippen LogP contribution in [-0.4, -0.2) is 24.3 Å². The number of carbonyl (C=O) groups is 1. The number of aromatic carboxylic acids is 1. The van der Waals surface area contributed by atoms with Crippen LogP contribution in [0.3, 0.4) is 0 Å². The monoisotopic (exact) mass is 288 g/mol. The average Bonchev–Trinajstić information content (AvgIpc) is 2.89. The van der Waals surface area contributed by atoms with Gasteiger partial charge in [-0.1, -0.05) is 24.3 Å². The minimum absolute atomic E-state index is 0.0394. The molecule has 1 unspecified atom stereocenters. The Hall–Kier alpha value is -2.56. The van der Waals surface area contributed by atoms with E-state index in [1.54, 1.807) is 0 Å². The van der Waals surface area contributed by atoms with Gasteiger partial charge < -0.3 is 14.6 Å². The third-order valence-electron chi connectivity index (χ3n) is 3.43. The summed E-state index contributed by atoms with van der Waals surface area (Å²) in [6, 6.07) is 11.4. The fraction of sp³-hybridized carbons (Fsp3) is 0.188. The number of carboxylic acid groups (broad SMARTS) is 1. The first-order chi connectivity index (χ1) is 10.2. The van der Waals surface area contributed by atoms with Gasteiger partial charge in [0.25, 0.3) is 0 Å². The molecule has 0 aliphatic carbocycles. The highest BCUT2D eigenvalue weighted by atomic mass is 19.1. The van der Waals surface area contributed by atoms with Crippen LogP contribution in [0.2, 0.25) is 0 Å². The second-order valence-corrected chi connectivity index (χ2v) is 4.78. The Morgan fingerprint density at radius 2 is 2.10 bits per heavy atom. The number of carboxylic acids is 1. The zero-order valence-corrected chi connectivity index (χ0v) is 11.1. The zero-order valence-electron chi connectivity index (χ0n) is 11.1. The van der Waals surface area contributed by atoms with Gasteiger partial charge in [-0.05, 0) is 18.2 Å². The van der Waals surface area contributed by atoms with Crippen molar-refractivity contribution in [1.29, 1.82) is 0 Å². The van der Waals surface area contributed by atoms with Crippen LogP contribution in [0.5, 0.6) is 11.5 Å². The molecule has 0 saturated heterocycles. The lowest BCUT2D eigenvalue weighted by Gasteiger charge is -2.13. The van der Waals surface area contributed by atoms with Crippen LogP contribution in [-0.2, 0) is 0 Å². The minimum Gasteiger partial charge on any atom is -0.493 e. The van der Waals surface area contributed by atoms with Crippen LogP contribution in [0.1, 0.15) is 21.8 Å². The smallest absolute Gasteiger partial charge is 0.339 e. The molecule has 0 bridgehead atoms. The van der Waals surface area contributed by atoms with Gasteiger partial charge in [0.2, 0.25) is 0 Å². The van der Waals surface area contributed by atoms with Crippen LogP contribution >= 0.6 is 0 Å². The molecule has 0 spiro atoms. The summed E-state index contributed by atoms with van der Waals surface area (Å²) in [6.07, 6.45) is 0. The molecule has 1 N–H and O–H groups in total. The summed E-state index contributed by atoms with van der Waals surface area (Å²) in [4.78, 5) is 11.1. The molecule has 108 valence electrons. The highest BCUT2D eigenvalue weighted by molar-refractivity contribution is 5.90. The highest BCUT2D eigenvalue weighted by Crippen LogP contribution is 2.34. The van der Waals surface area contributed by atoms with E-state index in [-0.39, 0.29) is 23.8 Å². The lowest BCUT2D eigenvalue weighted by atomic mass is 10.0. The van der Waals surface area contributed by atoms with E-state index in [1.165, 1.54) is 18.2 Å². The summed E-state index contributed by atoms with van der Waals surface area (Å²) in [7, 11) is 0. The standard InChI is InChI=1S/C16H13FO4/c17-13-6-3-5-12(16(18)19)15(13)21-9-10-8-20-14-7-2-1-4-11(10)14/h1-7,10H,8-9H2,(H,18,19). The van der Waals surface area contributed by atoms with Crippen LogP contribution in [0, 0.1) is 5.82 Å². The minimum atomic E-state index is -1.22. The van der Waals surface area contributed by atoms with Gasteiger partial charge in [-0.2, -0.15) is 0 Å². The summed E-state index contributed by atoms with van der Waals surface area (Å²) in [6.45, 7) is 0.606. The Morgan fingerprint density at radius 3 is 2.90 bits per heavy atom. The molecule has 1 aliphatic rings. The van der Waals surface area contributed by atoms with E-state index in [4.69, 9.17) is 14.6 Å². The third kappa shape index (κ3) is 2.54. The maximum atomic E-state index is 13.8. The summed E-state index contributed by atoms with van der Waals surface area (Å²) in [5.41, 5.74) is 0.813. The Bertz CT molecular complexity index is 684. The number of para-hydroxylation sites is 2. The Kier molecular flexibility index (Phi) is 3.48. The molecule has 0 amide bonds. The van der Waals surface area contributed by atoms with Gasteiger partial charge in [0.15, 0.2) is 11.6 Å². The van der Waals surface area contributed by atoms with Crippen molar-refractivity contribution in [3.05, 3.63) is 59.4 Å². The van der Waals surface area contributed by atoms with Gasteiger partial charge in [-0.3, -0.25) is 0 Å². The maximum Gasteiger partial charge on any atom is 0.339 e. The van der Waals surface area contributed by atoms with Gasteiger partial charge >= 0.3 is 5.97 Å².